The highest BCUT2D eigenvalue weighted by molar-refractivity contribution is 5.68. The van der Waals surface area contributed by atoms with Crippen LogP contribution in [0.1, 0.15) is 13.8 Å². The average molecular weight is 124 g/mol. The fraction of sp³-hybridized carbons (Fsp3) is 0.286. The zero-order chi connectivity index (χ0) is 7.28. The van der Waals surface area contributed by atoms with Gasteiger partial charge in [-0.05, 0) is 25.5 Å². The molecule has 0 bridgehead atoms. The molecule has 0 aromatic carbocycles. The topological polar surface area (TPSA) is 49.9 Å². The van der Waals surface area contributed by atoms with Crippen LogP contribution in [-0.4, -0.2) is 6.21 Å². The van der Waals surface area contributed by atoms with Crippen LogP contribution in [0.4, 0.5) is 0 Å². The van der Waals surface area contributed by atoms with Gasteiger partial charge in [0, 0.05) is 11.9 Å². The van der Waals surface area contributed by atoms with Crippen molar-refractivity contribution in [3.63, 3.8) is 0 Å². The molecule has 2 nitrogen and oxygen atoms in total. The smallest absolute Gasteiger partial charge is 0.0177 e. The highest BCUT2D eigenvalue weighted by atomic mass is 14.5. The zero-order valence-electron chi connectivity index (χ0n) is 5.81. The van der Waals surface area contributed by atoms with Gasteiger partial charge < -0.3 is 11.1 Å². The summed E-state index contributed by atoms with van der Waals surface area (Å²) in [5.41, 5.74) is 7.24. The van der Waals surface area contributed by atoms with Gasteiger partial charge in [0.2, 0.25) is 0 Å². The minimum Gasteiger partial charge on any atom is -0.402 e. The first-order chi connectivity index (χ1) is 4.18. The number of nitrogens with two attached hydrogens (primary N) is 1. The molecule has 2 heteroatoms. The van der Waals surface area contributed by atoms with Gasteiger partial charge in [0.15, 0.2) is 0 Å². The fourth-order valence-electron chi connectivity index (χ4n) is 0.324. The summed E-state index contributed by atoms with van der Waals surface area (Å²) < 4.78 is 0. The SMILES string of the molecule is C/C(N)=C(C)\C=C/C=N. The third-order valence-electron chi connectivity index (χ3n) is 1.06. The van der Waals surface area contributed by atoms with Crippen molar-refractivity contribution in [3.05, 3.63) is 23.4 Å². The van der Waals surface area contributed by atoms with Crippen LogP contribution in [0.5, 0.6) is 0 Å². The van der Waals surface area contributed by atoms with Gasteiger partial charge in [-0.25, -0.2) is 0 Å². The van der Waals surface area contributed by atoms with Crippen molar-refractivity contribution in [2.45, 2.75) is 13.8 Å². The van der Waals surface area contributed by atoms with E-state index in [1.807, 2.05) is 19.9 Å². The lowest BCUT2D eigenvalue weighted by atomic mass is 10.2. The monoisotopic (exact) mass is 124 g/mol. The lowest BCUT2D eigenvalue weighted by molar-refractivity contribution is 1.24. The van der Waals surface area contributed by atoms with Crippen LogP contribution in [0.25, 0.3) is 0 Å². The molecular formula is C7H12N2. The van der Waals surface area contributed by atoms with E-state index >= 15 is 0 Å². The molecule has 50 valence electrons. The number of rotatable bonds is 2. The molecule has 0 aromatic heterocycles. The van der Waals surface area contributed by atoms with Crippen molar-refractivity contribution in [2.75, 3.05) is 0 Å². The van der Waals surface area contributed by atoms with Crippen LogP contribution in [0.2, 0.25) is 0 Å². The summed E-state index contributed by atoms with van der Waals surface area (Å²) in [4.78, 5) is 0. The highest BCUT2D eigenvalue weighted by Crippen LogP contribution is 1.96. The van der Waals surface area contributed by atoms with E-state index in [1.165, 1.54) is 6.21 Å². The first kappa shape index (κ1) is 7.95. The maximum absolute atomic E-state index is 6.66. The van der Waals surface area contributed by atoms with Crippen molar-refractivity contribution >= 4 is 6.21 Å². The second-order valence-corrected chi connectivity index (χ2v) is 1.89. The Hall–Kier alpha value is -1.05. The first-order valence-electron chi connectivity index (χ1n) is 2.78. The van der Waals surface area contributed by atoms with Gasteiger partial charge in [-0.1, -0.05) is 6.08 Å². The Morgan fingerprint density at radius 3 is 2.33 bits per heavy atom. The van der Waals surface area contributed by atoms with Crippen molar-refractivity contribution in [2.24, 2.45) is 5.73 Å². The molecule has 0 aliphatic rings. The summed E-state index contributed by atoms with van der Waals surface area (Å²) in [6.45, 7) is 3.75. The zero-order valence-corrected chi connectivity index (χ0v) is 5.81. The van der Waals surface area contributed by atoms with Crippen LogP contribution < -0.4 is 5.73 Å². The third kappa shape index (κ3) is 3.53. The summed E-state index contributed by atoms with van der Waals surface area (Å²) in [6.07, 6.45) is 4.68. The van der Waals surface area contributed by atoms with Crippen LogP contribution in [0.3, 0.4) is 0 Å². The van der Waals surface area contributed by atoms with Crippen LogP contribution in [0.15, 0.2) is 23.4 Å². The minimum absolute atomic E-state index is 0.799. The van der Waals surface area contributed by atoms with Crippen molar-refractivity contribution in [3.8, 4) is 0 Å². The Labute approximate surface area is 55.6 Å². The lowest BCUT2D eigenvalue weighted by Gasteiger charge is -1.92. The van der Waals surface area contributed by atoms with E-state index in [-0.39, 0.29) is 0 Å². The number of nitrogens with one attached hydrogen (secondary N) is 1. The van der Waals surface area contributed by atoms with E-state index < -0.39 is 0 Å². The molecule has 0 amide bonds. The molecule has 0 aliphatic carbocycles. The molecule has 0 spiro atoms. The van der Waals surface area contributed by atoms with Gasteiger partial charge in [-0.2, -0.15) is 0 Å². The predicted molar refractivity (Wildman–Crippen MR) is 40.5 cm³/mol. The van der Waals surface area contributed by atoms with E-state index in [9.17, 15) is 0 Å². The summed E-state index contributed by atoms with van der Waals surface area (Å²) in [5, 5.41) is 6.66. The molecule has 9 heavy (non-hydrogen) atoms. The van der Waals surface area contributed by atoms with Crippen LogP contribution in [0, 0.1) is 5.41 Å². The van der Waals surface area contributed by atoms with E-state index in [0.717, 1.165) is 11.3 Å². The molecule has 0 aromatic rings. The van der Waals surface area contributed by atoms with Crippen LogP contribution in [-0.2, 0) is 0 Å². The normalized spacial score (nSPS) is 13.6. The first-order valence-corrected chi connectivity index (χ1v) is 2.78. The molecule has 0 heterocycles. The molecular weight excluding hydrogens is 112 g/mol. The molecule has 0 radical (unpaired) electrons. The second kappa shape index (κ2) is 3.89. The molecule has 0 saturated heterocycles. The molecule has 0 fully saturated rings. The van der Waals surface area contributed by atoms with Gasteiger partial charge in [0.1, 0.15) is 0 Å². The molecule has 0 saturated carbocycles. The van der Waals surface area contributed by atoms with Crippen molar-refractivity contribution in [1.29, 1.82) is 5.41 Å². The predicted octanol–water partition coefficient (Wildman–Crippen LogP) is 1.44. The fourth-order valence-corrected chi connectivity index (χ4v) is 0.324. The summed E-state index contributed by atoms with van der Waals surface area (Å²) >= 11 is 0. The maximum Gasteiger partial charge on any atom is 0.0177 e. The number of allylic oxidation sites excluding steroid dienone is 4. The average Bonchev–Trinajstić information content (AvgIpc) is 1.82. The van der Waals surface area contributed by atoms with Crippen molar-refractivity contribution in [1.82, 2.24) is 0 Å². The summed E-state index contributed by atoms with van der Waals surface area (Å²) in [5.74, 6) is 0. The Morgan fingerprint density at radius 2 is 2.00 bits per heavy atom. The number of hydrogen-bond donors (Lipinski definition) is 2. The van der Waals surface area contributed by atoms with Gasteiger partial charge in [-0.15, -0.1) is 0 Å². The molecule has 3 N–H and O–H groups in total. The summed E-state index contributed by atoms with van der Waals surface area (Å²) in [7, 11) is 0. The maximum atomic E-state index is 6.66. The quantitative estimate of drug-likeness (QED) is 0.424. The Balaban J connectivity index is 4.06. The Morgan fingerprint density at radius 1 is 1.44 bits per heavy atom. The van der Waals surface area contributed by atoms with E-state index in [1.54, 1.807) is 6.08 Å². The van der Waals surface area contributed by atoms with Gasteiger partial charge >= 0.3 is 0 Å². The standard InChI is InChI=1S/C7H12N2/c1-6(7(2)9)4-3-5-8/h3-5,8H,9H2,1-2H3/b4-3-,7-6+,8-5?. The largest absolute Gasteiger partial charge is 0.402 e. The van der Waals surface area contributed by atoms with E-state index in [0.29, 0.717) is 0 Å². The van der Waals surface area contributed by atoms with E-state index in [2.05, 4.69) is 0 Å². The highest BCUT2D eigenvalue weighted by Gasteiger charge is 1.82. The lowest BCUT2D eigenvalue weighted by Crippen LogP contribution is -1.92. The summed E-state index contributed by atoms with van der Waals surface area (Å²) in [6, 6.07) is 0. The second-order valence-electron chi connectivity index (χ2n) is 1.89. The van der Waals surface area contributed by atoms with Gasteiger partial charge in [-0.3, -0.25) is 0 Å². The van der Waals surface area contributed by atoms with E-state index in [4.69, 9.17) is 11.1 Å². The Bertz CT molecular complexity index is 150. The minimum atomic E-state index is 0.799. The molecule has 0 unspecified atom stereocenters. The van der Waals surface area contributed by atoms with Crippen molar-refractivity contribution < 1.29 is 0 Å². The van der Waals surface area contributed by atoms with Gasteiger partial charge in [0.25, 0.3) is 0 Å². The van der Waals surface area contributed by atoms with Gasteiger partial charge in [0.05, 0.1) is 0 Å². The molecule has 0 aliphatic heterocycles. The molecule has 0 atom stereocenters. The number of hydrogen-bond acceptors (Lipinski definition) is 2. The molecule has 0 rings (SSSR count). The Kier molecular flexibility index (Phi) is 3.44. The third-order valence-corrected chi connectivity index (χ3v) is 1.06. The van der Waals surface area contributed by atoms with Crippen LogP contribution >= 0.6 is 0 Å².